The van der Waals surface area contributed by atoms with Gasteiger partial charge in [-0.15, -0.1) is 0 Å². The largest absolute Gasteiger partial charge is 0.507 e. The molecule has 1 aromatic carbocycles. The lowest BCUT2D eigenvalue weighted by molar-refractivity contribution is -0.140. The van der Waals surface area contributed by atoms with E-state index < -0.39 is 17.7 Å². The second-order valence-electron chi connectivity index (χ2n) is 6.88. The number of hydrogen-bond donors (Lipinski definition) is 1. The highest BCUT2D eigenvalue weighted by Gasteiger charge is 2.47. The molecular formula is C23H19ClN2O5. The van der Waals surface area contributed by atoms with Crippen LogP contribution in [-0.4, -0.2) is 33.3 Å². The molecule has 1 unspecified atom stereocenters. The molecule has 0 aliphatic carbocycles. The summed E-state index contributed by atoms with van der Waals surface area (Å²) in [6, 6.07) is 10.7. The number of carbonyl (C=O) groups is 2. The van der Waals surface area contributed by atoms with Gasteiger partial charge in [0.05, 0.1) is 23.5 Å². The number of furan rings is 1. The zero-order chi connectivity index (χ0) is 22.0. The van der Waals surface area contributed by atoms with Crippen LogP contribution in [0, 0.1) is 0 Å². The third kappa shape index (κ3) is 3.92. The summed E-state index contributed by atoms with van der Waals surface area (Å²) < 4.78 is 11.0. The number of nitrogens with zero attached hydrogens (tertiary/aromatic N) is 2. The Morgan fingerprint density at radius 1 is 1.26 bits per heavy atom. The molecule has 0 saturated carbocycles. The second-order valence-corrected chi connectivity index (χ2v) is 7.29. The first-order valence-electron chi connectivity index (χ1n) is 9.64. The highest BCUT2D eigenvalue weighted by molar-refractivity contribution is 6.46. The number of ketones is 1. The maximum Gasteiger partial charge on any atom is 0.296 e. The number of rotatable bonds is 6. The van der Waals surface area contributed by atoms with Crippen LogP contribution in [0.5, 0.6) is 5.75 Å². The van der Waals surface area contributed by atoms with Gasteiger partial charge in [0.1, 0.15) is 23.3 Å². The molecule has 158 valence electrons. The normalized spacial score (nSPS) is 17.9. The summed E-state index contributed by atoms with van der Waals surface area (Å²) in [5.41, 5.74) is 0.989. The lowest BCUT2D eigenvalue weighted by Crippen LogP contribution is -2.29. The van der Waals surface area contributed by atoms with E-state index in [4.69, 9.17) is 20.8 Å². The molecule has 1 aliphatic heterocycles. The van der Waals surface area contributed by atoms with Crippen molar-refractivity contribution in [1.29, 1.82) is 0 Å². The van der Waals surface area contributed by atoms with Crippen LogP contribution >= 0.6 is 11.6 Å². The van der Waals surface area contributed by atoms with Gasteiger partial charge in [-0.05, 0) is 48.9 Å². The summed E-state index contributed by atoms with van der Waals surface area (Å²) in [7, 11) is 0. The van der Waals surface area contributed by atoms with Crippen LogP contribution in [0.1, 0.15) is 29.9 Å². The average Bonchev–Trinajstić information content (AvgIpc) is 3.38. The van der Waals surface area contributed by atoms with Crippen molar-refractivity contribution in [1.82, 2.24) is 9.88 Å². The highest BCUT2D eigenvalue weighted by Crippen LogP contribution is 2.41. The number of carbonyl (C=O) groups excluding carboxylic acids is 2. The molecule has 3 aromatic rings. The van der Waals surface area contributed by atoms with E-state index >= 15 is 0 Å². The number of aliphatic hydroxyl groups excluding tert-OH is 1. The fourth-order valence-corrected chi connectivity index (χ4v) is 3.72. The minimum atomic E-state index is -0.888. The van der Waals surface area contributed by atoms with Gasteiger partial charge in [-0.2, -0.15) is 0 Å². The van der Waals surface area contributed by atoms with E-state index in [1.54, 1.807) is 48.8 Å². The highest BCUT2D eigenvalue weighted by atomic mass is 35.5. The minimum Gasteiger partial charge on any atom is -0.507 e. The molecule has 0 bridgehead atoms. The predicted octanol–water partition coefficient (Wildman–Crippen LogP) is 4.35. The van der Waals surface area contributed by atoms with Crippen LogP contribution in [0.15, 0.2) is 71.1 Å². The molecule has 2 aromatic heterocycles. The number of ether oxygens (including phenoxy) is 1. The standard InChI is InChI=1S/C23H19ClN2O5/c1-2-30-18-11-15(7-8-16(18)24)21(27)19-20(17-6-4-10-31-17)26(23(29)22(19)28)13-14-5-3-9-25-12-14/h3-12,20,27H,2,13H2,1H3/b21-19-. The van der Waals surface area contributed by atoms with E-state index in [9.17, 15) is 14.7 Å². The number of aliphatic hydroxyl groups is 1. The van der Waals surface area contributed by atoms with Gasteiger partial charge in [-0.3, -0.25) is 14.6 Å². The summed E-state index contributed by atoms with van der Waals surface area (Å²) in [6.07, 6.45) is 4.69. The smallest absolute Gasteiger partial charge is 0.296 e. The third-order valence-corrected chi connectivity index (χ3v) is 5.25. The van der Waals surface area contributed by atoms with Gasteiger partial charge >= 0.3 is 0 Å². The first-order valence-corrected chi connectivity index (χ1v) is 10.0. The molecule has 0 spiro atoms. The molecule has 8 heteroatoms. The van der Waals surface area contributed by atoms with E-state index in [-0.39, 0.29) is 17.9 Å². The Morgan fingerprint density at radius 3 is 2.77 bits per heavy atom. The van der Waals surface area contributed by atoms with Gasteiger partial charge in [-0.1, -0.05) is 17.7 Å². The van der Waals surface area contributed by atoms with Crippen molar-refractivity contribution >= 4 is 29.1 Å². The van der Waals surface area contributed by atoms with Gasteiger partial charge in [0.2, 0.25) is 0 Å². The fraction of sp³-hybridized carbons (Fsp3) is 0.174. The molecule has 1 fully saturated rings. The van der Waals surface area contributed by atoms with Crippen molar-refractivity contribution < 1.29 is 23.8 Å². The lowest BCUT2D eigenvalue weighted by atomic mass is 9.99. The van der Waals surface area contributed by atoms with Gasteiger partial charge in [0.15, 0.2) is 0 Å². The Balaban J connectivity index is 1.82. The lowest BCUT2D eigenvalue weighted by Gasteiger charge is -2.23. The number of pyridine rings is 1. The summed E-state index contributed by atoms with van der Waals surface area (Å²) in [5.74, 6) is -1.12. The van der Waals surface area contributed by atoms with Crippen molar-refractivity contribution in [3.05, 3.63) is 88.6 Å². The molecule has 31 heavy (non-hydrogen) atoms. The maximum atomic E-state index is 13.0. The van der Waals surface area contributed by atoms with E-state index in [1.165, 1.54) is 17.2 Å². The zero-order valence-electron chi connectivity index (χ0n) is 16.6. The van der Waals surface area contributed by atoms with Crippen LogP contribution in [0.4, 0.5) is 0 Å². The van der Waals surface area contributed by atoms with Crippen molar-refractivity contribution in [2.45, 2.75) is 19.5 Å². The minimum absolute atomic E-state index is 0.0615. The molecule has 1 N–H and O–H groups in total. The zero-order valence-corrected chi connectivity index (χ0v) is 17.4. The predicted molar refractivity (Wildman–Crippen MR) is 113 cm³/mol. The molecule has 0 radical (unpaired) electrons. The Labute approximate surface area is 183 Å². The summed E-state index contributed by atoms with van der Waals surface area (Å²) in [5, 5.41) is 11.4. The number of amides is 1. The van der Waals surface area contributed by atoms with E-state index in [0.29, 0.717) is 28.7 Å². The number of likely N-dealkylation sites (tertiary alicyclic amines) is 1. The van der Waals surface area contributed by atoms with Crippen LogP contribution in [0.25, 0.3) is 5.76 Å². The number of Topliss-reactive ketones (excluding diaryl/α,β-unsaturated/α-hetero) is 1. The van der Waals surface area contributed by atoms with Crippen molar-refractivity contribution in [3.8, 4) is 5.75 Å². The fourth-order valence-electron chi connectivity index (χ4n) is 3.55. The molecule has 3 heterocycles. The summed E-state index contributed by atoms with van der Waals surface area (Å²) in [4.78, 5) is 31.3. The van der Waals surface area contributed by atoms with Crippen LogP contribution in [0.2, 0.25) is 5.02 Å². The number of hydrogen-bond acceptors (Lipinski definition) is 6. The SMILES string of the molecule is CCOc1cc(/C(O)=C2/C(=O)C(=O)N(Cc3cccnc3)C2c2ccco2)ccc1Cl. The topological polar surface area (TPSA) is 92.9 Å². The number of aromatic nitrogens is 1. The number of halogens is 1. The van der Waals surface area contributed by atoms with Crippen LogP contribution < -0.4 is 4.74 Å². The Kier molecular flexibility index (Phi) is 5.77. The molecule has 1 amide bonds. The van der Waals surface area contributed by atoms with E-state index in [1.807, 2.05) is 6.92 Å². The van der Waals surface area contributed by atoms with Gasteiger partial charge < -0.3 is 19.2 Å². The van der Waals surface area contributed by atoms with Crippen molar-refractivity contribution in [3.63, 3.8) is 0 Å². The Hall–Kier alpha value is -3.58. The van der Waals surface area contributed by atoms with E-state index in [0.717, 1.165) is 5.56 Å². The van der Waals surface area contributed by atoms with Crippen molar-refractivity contribution in [2.24, 2.45) is 0 Å². The van der Waals surface area contributed by atoms with Crippen molar-refractivity contribution in [2.75, 3.05) is 6.61 Å². The monoisotopic (exact) mass is 438 g/mol. The second kappa shape index (κ2) is 8.65. The first-order chi connectivity index (χ1) is 15.0. The molecule has 7 nitrogen and oxygen atoms in total. The molecule has 1 atom stereocenters. The van der Waals surface area contributed by atoms with Gasteiger partial charge in [0.25, 0.3) is 11.7 Å². The quantitative estimate of drug-likeness (QED) is 0.349. The summed E-state index contributed by atoms with van der Waals surface area (Å²) in [6.45, 7) is 2.32. The molecule has 4 rings (SSSR count). The molecule has 1 saturated heterocycles. The van der Waals surface area contributed by atoms with E-state index in [2.05, 4.69) is 4.98 Å². The molecule has 1 aliphatic rings. The van der Waals surface area contributed by atoms with Gasteiger partial charge in [0, 0.05) is 24.5 Å². The number of benzene rings is 1. The van der Waals surface area contributed by atoms with Gasteiger partial charge in [-0.25, -0.2) is 0 Å². The maximum absolute atomic E-state index is 13.0. The molecular weight excluding hydrogens is 420 g/mol. The third-order valence-electron chi connectivity index (χ3n) is 4.93. The summed E-state index contributed by atoms with van der Waals surface area (Å²) >= 11 is 6.14. The Morgan fingerprint density at radius 2 is 2.10 bits per heavy atom. The average molecular weight is 439 g/mol. The first kappa shape index (κ1) is 20.7. The van der Waals surface area contributed by atoms with Crippen LogP contribution in [0.3, 0.4) is 0 Å². The van der Waals surface area contributed by atoms with Crippen LogP contribution in [-0.2, 0) is 16.1 Å². The Bertz CT molecular complexity index is 1140.